The molecular weight excluding hydrogens is 358 g/mol. The van der Waals surface area contributed by atoms with E-state index in [-0.39, 0.29) is 18.4 Å². The van der Waals surface area contributed by atoms with Crippen LogP contribution >= 0.6 is 0 Å². The average molecular weight is 391 g/mol. The normalized spacial score (nSPS) is 18.0. The molecule has 1 unspecified atom stereocenters. The van der Waals surface area contributed by atoms with E-state index in [4.69, 9.17) is 9.47 Å². The first-order chi connectivity index (χ1) is 13.7. The molecule has 154 valence electrons. The minimum atomic E-state index is -0.103. The van der Waals surface area contributed by atoms with Gasteiger partial charge in [0.2, 0.25) is 0 Å². The highest BCUT2D eigenvalue weighted by molar-refractivity contribution is 5.92. The number of carbonyl (C=O) groups is 2. The van der Waals surface area contributed by atoms with E-state index in [1.54, 1.807) is 12.1 Å². The Morgan fingerprint density at radius 2 is 1.68 bits per heavy atom. The molecule has 1 aromatic rings. The van der Waals surface area contributed by atoms with Crippen molar-refractivity contribution < 1.29 is 24.0 Å². The maximum absolute atomic E-state index is 12.7. The summed E-state index contributed by atoms with van der Waals surface area (Å²) in [6.45, 7) is 6.12. The van der Waals surface area contributed by atoms with Gasteiger partial charge in [-0.3, -0.25) is 9.59 Å². The van der Waals surface area contributed by atoms with Crippen LogP contribution in [0.2, 0.25) is 0 Å². The van der Waals surface area contributed by atoms with Gasteiger partial charge in [-0.1, -0.05) is 19.3 Å². The molecule has 0 aliphatic carbocycles. The highest BCUT2D eigenvalue weighted by atomic mass is 16.6. The third-order valence-electron chi connectivity index (χ3n) is 5.35. The monoisotopic (exact) mass is 390 g/mol. The number of anilines is 1. The molecule has 3 rings (SSSR count). The summed E-state index contributed by atoms with van der Waals surface area (Å²) in [5.41, 5.74) is 0.680. The van der Waals surface area contributed by atoms with Gasteiger partial charge in [-0.15, -0.1) is 0 Å². The predicted molar refractivity (Wildman–Crippen MR) is 107 cm³/mol. The Morgan fingerprint density at radius 1 is 1.00 bits per heavy atom. The maximum Gasteiger partial charge on any atom is 0.279 e. The van der Waals surface area contributed by atoms with E-state index in [2.05, 4.69) is 5.32 Å². The molecule has 7 nitrogen and oxygen atoms in total. The first-order valence-electron chi connectivity index (χ1n) is 10.5. The number of likely N-dealkylation sites (tertiary alicyclic amines) is 1. The van der Waals surface area contributed by atoms with Crippen molar-refractivity contribution in [2.45, 2.75) is 39.0 Å². The van der Waals surface area contributed by atoms with Gasteiger partial charge >= 0.3 is 0 Å². The van der Waals surface area contributed by atoms with Gasteiger partial charge in [-0.25, -0.2) is 0 Å². The summed E-state index contributed by atoms with van der Waals surface area (Å²) in [6, 6.07) is 5.39. The quantitative estimate of drug-likeness (QED) is 0.763. The lowest BCUT2D eigenvalue weighted by atomic mass is 10.1. The van der Waals surface area contributed by atoms with Crippen molar-refractivity contribution in [3.8, 4) is 11.5 Å². The number of carbonyl (C=O) groups excluding carboxylic acids is 2. The lowest BCUT2D eigenvalue weighted by molar-refractivity contribution is -0.882. The summed E-state index contributed by atoms with van der Waals surface area (Å²) in [5, 5.41) is 2.91. The van der Waals surface area contributed by atoms with Crippen LogP contribution in [-0.4, -0.2) is 62.7 Å². The van der Waals surface area contributed by atoms with Crippen LogP contribution in [0.15, 0.2) is 18.2 Å². The first kappa shape index (κ1) is 20.5. The van der Waals surface area contributed by atoms with Crippen molar-refractivity contribution in [3.63, 3.8) is 0 Å². The smallest absolute Gasteiger partial charge is 0.279 e. The van der Waals surface area contributed by atoms with Crippen molar-refractivity contribution in [3.05, 3.63) is 18.2 Å². The molecule has 2 aliphatic heterocycles. The molecule has 0 aromatic heterocycles. The number of rotatable bonds is 6. The number of nitrogens with zero attached hydrogens (tertiary/aromatic N) is 1. The summed E-state index contributed by atoms with van der Waals surface area (Å²) in [7, 11) is 0. The van der Waals surface area contributed by atoms with E-state index in [0.717, 1.165) is 37.4 Å². The second-order valence-electron chi connectivity index (χ2n) is 7.51. The van der Waals surface area contributed by atoms with Crippen LogP contribution in [0.25, 0.3) is 0 Å². The van der Waals surface area contributed by atoms with Gasteiger partial charge in [0, 0.05) is 24.8 Å². The van der Waals surface area contributed by atoms with Gasteiger partial charge in [-0.05, 0) is 31.9 Å². The van der Waals surface area contributed by atoms with Gasteiger partial charge < -0.3 is 24.6 Å². The molecule has 0 spiro atoms. The standard InChI is InChI=1S/C21H31N3O4/c1-2-23(16-21(26)24-10-6-4-3-5-7-11-24)15-20(25)22-17-8-9-18-19(14-17)28-13-12-27-18/h8-9,14H,2-7,10-13,15-16H2,1H3,(H,22,25)/p+1. The zero-order chi connectivity index (χ0) is 19.8. The fraction of sp³-hybridized carbons (Fsp3) is 0.619. The van der Waals surface area contributed by atoms with Crippen LogP contribution in [0.5, 0.6) is 11.5 Å². The Kier molecular flexibility index (Phi) is 7.54. The Hall–Kier alpha value is -2.28. The molecule has 28 heavy (non-hydrogen) atoms. The molecule has 2 heterocycles. The van der Waals surface area contributed by atoms with E-state index in [1.807, 2.05) is 17.9 Å². The molecule has 1 fully saturated rings. The molecule has 0 bridgehead atoms. The highest BCUT2D eigenvalue weighted by Gasteiger charge is 2.22. The summed E-state index contributed by atoms with van der Waals surface area (Å²) in [6.07, 6.45) is 5.84. The molecule has 7 heteroatoms. The number of benzene rings is 1. The van der Waals surface area contributed by atoms with Crippen molar-refractivity contribution in [2.75, 3.05) is 51.3 Å². The Bertz CT molecular complexity index is 672. The summed E-state index contributed by atoms with van der Waals surface area (Å²) in [4.78, 5) is 28.1. The van der Waals surface area contributed by atoms with E-state index >= 15 is 0 Å². The Labute approximate surface area is 167 Å². The summed E-state index contributed by atoms with van der Waals surface area (Å²) < 4.78 is 11.1. The first-order valence-corrected chi connectivity index (χ1v) is 10.5. The number of hydrogen-bond donors (Lipinski definition) is 2. The second-order valence-corrected chi connectivity index (χ2v) is 7.51. The SMILES string of the molecule is CC[NH+](CC(=O)Nc1ccc2c(c1)OCCO2)CC(=O)N1CCCCCCC1. The topological polar surface area (TPSA) is 72.3 Å². The summed E-state index contributed by atoms with van der Waals surface area (Å²) >= 11 is 0. The van der Waals surface area contributed by atoms with Crippen LogP contribution < -0.4 is 19.7 Å². The largest absolute Gasteiger partial charge is 0.486 e. The molecule has 1 aromatic carbocycles. The van der Waals surface area contributed by atoms with Crippen LogP contribution in [0.3, 0.4) is 0 Å². The number of nitrogens with one attached hydrogen (secondary N) is 2. The van der Waals surface area contributed by atoms with Gasteiger partial charge in [-0.2, -0.15) is 0 Å². The number of likely N-dealkylation sites (N-methyl/N-ethyl adjacent to an activating group) is 1. The Morgan fingerprint density at radius 3 is 2.39 bits per heavy atom. The summed E-state index contributed by atoms with van der Waals surface area (Å²) in [5.74, 6) is 1.40. The van der Waals surface area contributed by atoms with Crippen molar-refractivity contribution in [2.24, 2.45) is 0 Å². The van der Waals surface area contributed by atoms with Crippen molar-refractivity contribution in [1.82, 2.24) is 4.90 Å². The third kappa shape index (κ3) is 5.86. The minimum Gasteiger partial charge on any atom is -0.486 e. The third-order valence-corrected chi connectivity index (χ3v) is 5.35. The highest BCUT2D eigenvalue weighted by Crippen LogP contribution is 2.32. The minimum absolute atomic E-state index is 0.103. The maximum atomic E-state index is 12.7. The molecular formula is C21H32N3O4+. The Balaban J connectivity index is 1.50. The number of fused-ring (bicyclic) bond motifs is 1. The predicted octanol–water partition coefficient (Wildman–Crippen LogP) is 1.09. The molecule has 2 amide bonds. The average Bonchev–Trinajstić information content (AvgIpc) is 2.67. The van der Waals surface area contributed by atoms with Gasteiger partial charge in [0.15, 0.2) is 24.6 Å². The van der Waals surface area contributed by atoms with Gasteiger partial charge in [0.25, 0.3) is 11.8 Å². The number of quaternary nitrogens is 1. The number of ether oxygens (including phenoxy) is 2. The van der Waals surface area contributed by atoms with E-state index in [9.17, 15) is 9.59 Å². The van der Waals surface area contributed by atoms with Crippen LogP contribution in [-0.2, 0) is 9.59 Å². The van der Waals surface area contributed by atoms with Crippen molar-refractivity contribution >= 4 is 17.5 Å². The second kappa shape index (κ2) is 10.3. The van der Waals surface area contributed by atoms with Crippen LogP contribution in [0.1, 0.15) is 39.0 Å². The molecule has 2 N–H and O–H groups in total. The van der Waals surface area contributed by atoms with E-state index in [0.29, 0.717) is 36.9 Å². The van der Waals surface area contributed by atoms with Crippen LogP contribution in [0.4, 0.5) is 5.69 Å². The van der Waals surface area contributed by atoms with Gasteiger partial charge in [0.1, 0.15) is 13.2 Å². The van der Waals surface area contributed by atoms with E-state index in [1.165, 1.54) is 19.3 Å². The number of amides is 2. The number of hydrogen-bond acceptors (Lipinski definition) is 4. The molecule has 1 atom stereocenters. The van der Waals surface area contributed by atoms with Crippen LogP contribution in [0, 0.1) is 0 Å². The molecule has 1 saturated heterocycles. The molecule has 2 aliphatic rings. The zero-order valence-corrected chi connectivity index (χ0v) is 16.8. The fourth-order valence-electron chi connectivity index (χ4n) is 3.69. The lowest BCUT2D eigenvalue weighted by Gasteiger charge is -2.26. The van der Waals surface area contributed by atoms with Gasteiger partial charge in [0.05, 0.1) is 6.54 Å². The molecule has 0 saturated carbocycles. The lowest BCUT2D eigenvalue weighted by Crippen LogP contribution is -3.14. The molecule has 0 radical (unpaired) electrons. The van der Waals surface area contributed by atoms with E-state index < -0.39 is 0 Å². The zero-order valence-electron chi connectivity index (χ0n) is 16.8. The van der Waals surface area contributed by atoms with Crippen molar-refractivity contribution in [1.29, 1.82) is 0 Å². The fourth-order valence-corrected chi connectivity index (χ4v) is 3.69.